The van der Waals surface area contributed by atoms with E-state index in [0.29, 0.717) is 18.8 Å². The highest BCUT2D eigenvalue weighted by molar-refractivity contribution is 5.30. The maximum atomic E-state index is 13.5. The fourth-order valence-corrected chi connectivity index (χ4v) is 1.95. The van der Waals surface area contributed by atoms with E-state index in [4.69, 9.17) is 15.7 Å². The quantitative estimate of drug-likeness (QED) is 0.777. The third-order valence-electron chi connectivity index (χ3n) is 3.01. The Kier molecular flexibility index (Phi) is 5.97. The van der Waals surface area contributed by atoms with Crippen molar-refractivity contribution in [2.45, 2.75) is 46.1 Å². The summed E-state index contributed by atoms with van der Waals surface area (Å²) in [5.74, 6) is 0.214. The molecule has 1 aromatic carbocycles. The number of ether oxygens (including phenoxy) is 1. The van der Waals surface area contributed by atoms with Gasteiger partial charge in [0, 0.05) is 12.1 Å². The van der Waals surface area contributed by atoms with Crippen LogP contribution in [0.2, 0.25) is 0 Å². The number of rotatable bonds is 7. The van der Waals surface area contributed by atoms with Crippen LogP contribution in [0, 0.1) is 22.6 Å². The van der Waals surface area contributed by atoms with Crippen LogP contribution in [0.1, 0.15) is 39.2 Å². The van der Waals surface area contributed by atoms with E-state index in [1.54, 1.807) is 0 Å². The van der Waals surface area contributed by atoms with Gasteiger partial charge in [0.25, 0.3) is 0 Å². The van der Waals surface area contributed by atoms with Crippen molar-refractivity contribution in [1.29, 1.82) is 5.26 Å². The summed E-state index contributed by atoms with van der Waals surface area (Å²) >= 11 is 0. The monoisotopic (exact) mass is 278 g/mol. The molecule has 0 aromatic heterocycles. The molecule has 0 saturated heterocycles. The Hall–Kier alpha value is -1.60. The zero-order chi connectivity index (χ0) is 15.2. The molecule has 3 nitrogen and oxygen atoms in total. The molecule has 20 heavy (non-hydrogen) atoms. The standard InChI is InChI=1S/C16H23FN2O/c1-12(19)7-13-8-14(17)10-15(9-13)20-6-4-5-16(2,3)11-18/h8-10,12H,4-7,19H2,1-3H3. The van der Waals surface area contributed by atoms with Gasteiger partial charge in [-0.2, -0.15) is 5.26 Å². The minimum Gasteiger partial charge on any atom is -0.493 e. The number of nitrogens with zero attached hydrogens (tertiary/aromatic N) is 1. The predicted octanol–water partition coefficient (Wildman–Crippen LogP) is 3.42. The molecule has 110 valence electrons. The van der Waals surface area contributed by atoms with E-state index in [9.17, 15) is 4.39 Å². The van der Waals surface area contributed by atoms with Crippen LogP contribution in [0.3, 0.4) is 0 Å². The maximum Gasteiger partial charge on any atom is 0.127 e. The molecule has 0 radical (unpaired) electrons. The summed E-state index contributed by atoms with van der Waals surface area (Å²) in [6.07, 6.45) is 2.14. The van der Waals surface area contributed by atoms with Gasteiger partial charge in [-0.15, -0.1) is 0 Å². The Morgan fingerprint density at radius 2 is 2.10 bits per heavy atom. The molecule has 0 saturated carbocycles. The van der Waals surface area contributed by atoms with Gasteiger partial charge >= 0.3 is 0 Å². The van der Waals surface area contributed by atoms with Crippen molar-refractivity contribution in [2.24, 2.45) is 11.1 Å². The number of nitrogens with two attached hydrogens (primary N) is 1. The number of halogens is 1. The molecule has 0 spiro atoms. The molecular weight excluding hydrogens is 255 g/mol. The lowest BCUT2D eigenvalue weighted by Gasteiger charge is -2.15. The number of hydrogen-bond acceptors (Lipinski definition) is 3. The van der Waals surface area contributed by atoms with E-state index < -0.39 is 0 Å². The molecule has 4 heteroatoms. The van der Waals surface area contributed by atoms with Crippen molar-refractivity contribution in [1.82, 2.24) is 0 Å². The van der Waals surface area contributed by atoms with Crippen LogP contribution in [0.5, 0.6) is 5.75 Å². The molecule has 0 fully saturated rings. The summed E-state index contributed by atoms with van der Waals surface area (Å²) in [4.78, 5) is 0. The average Bonchev–Trinajstić information content (AvgIpc) is 2.33. The fourth-order valence-electron chi connectivity index (χ4n) is 1.95. The summed E-state index contributed by atoms with van der Waals surface area (Å²) in [6, 6.07) is 6.92. The molecule has 0 heterocycles. The molecule has 0 amide bonds. The van der Waals surface area contributed by atoms with Crippen molar-refractivity contribution in [3.63, 3.8) is 0 Å². The van der Waals surface area contributed by atoms with Gasteiger partial charge in [-0.3, -0.25) is 0 Å². The van der Waals surface area contributed by atoms with Crippen LogP contribution in [0.4, 0.5) is 4.39 Å². The van der Waals surface area contributed by atoms with Crippen LogP contribution in [-0.2, 0) is 6.42 Å². The zero-order valence-electron chi connectivity index (χ0n) is 12.4. The van der Waals surface area contributed by atoms with Crippen molar-refractivity contribution >= 4 is 0 Å². The summed E-state index contributed by atoms with van der Waals surface area (Å²) in [5, 5.41) is 8.91. The molecule has 1 rings (SSSR count). The Balaban J connectivity index is 2.52. The third-order valence-corrected chi connectivity index (χ3v) is 3.01. The second kappa shape index (κ2) is 7.25. The maximum absolute atomic E-state index is 13.5. The van der Waals surface area contributed by atoms with Crippen LogP contribution in [0.25, 0.3) is 0 Å². The molecule has 0 aliphatic rings. The lowest BCUT2D eigenvalue weighted by Crippen LogP contribution is -2.17. The van der Waals surface area contributed by atoms with Crippen molar-refractivity contribution in [3.05, 3.63) is 29.6 Å². The number of hydrogen-bond donors (Lipinski definition) is 1. The first-order chi connectivity index (χ1) is 9.32. The van der Waals surface area contributed by atoms with Gasteiger partial charge in [0.15, 0.2) is 0 Å². The molecule has 0 aliphatic carbocycles. The minimum absolute atomic E-state index is 0.0129. The van der Waals surface area contributed by atoms with Crippen molar-refractivity contribution < 1.29 is 9.13 Å². The summed E-state index contributed by atoms with van der Waals surface area (Å²) in [5.41, 5.74) is 6.21. The summed E-state index contributed by atoms with van der Waals surface area (Å²) < 4.78 is 19.0. The van der Waals surface area contributed by atoms with E-state index in [2.05, 4.69) is 6.07 Å². The van der Waals surface area contributed by atoms with Crippen molar-refractivity contribution in [2.75, 3.05) is 6.61 Å². The van der Waals surface area contributed by atoms with Crippen LogP contribution in [-0.4, -0.2) is 12.6 Å². The third kappa shape index (κ3) is 6.03. The highest BCUT2D eigenvalue weighted by Crippen LogP contribution is 2.22. The van der Waals surface area contributed by atoms with Gasteiger partial charge in [0.05, 0.1) is 18.1 Å². The Morgan fingerprint density at radius 1 is 1.40 bits per heavy atom. The van der Waals surface area contributed by atoms with E-state index in [-0.39, 0.29) is 17.3 Å². The first-order valence-corrected chi connectivity index (χ1v) is 6.91. The van der Waals surface area contributed by atoms with Gasteiger partial charge < -0.3 is 10.5 Å². The van der Waals surface area contributed by atoms with E-state index in [1.807, 2.05) is 26.8 Å². The topological polar surface area (TPSA) is 59.0 Å². The zero-order valence-corrected chi connectivity index (χ0v) is 12.4. The molecule has 2 N–H and O–H groups in total. The van der Waals surface area contributed by atoms with Crippen LogP contribution < -0.4 is 10.5 Å². The lowest BCUT2D eigenvalue weighted by atomic mass is 9.90. The van der Waals surface area contributed by atoms with Gasteiger partial charge in [-0.25, -0.2) is 4.39 Å². The van der Waals surface area contributed by atoms with Crippen molar-refractivity contribution in [3.8, 4) is 11.8 Å². The van der Waals surface area contributed by atoms with E-state index >= 15 is 0 Å². The lowest BCUT2D eigenvalue weighted by molar-refractivity contribution is 0.283. The average molecular weight is 278 g/mol. The predicted molar refractivity (Wildman–Crippen MR) is 77.9 cm³/mol. The Morgan fingerprint density at radius 3 is 2.70 bits per heavy atom. The molecular formula is C16H23FN2O. The van der Waals surface area contributed by atoms with Gasteiger partial charge in [0.2, 0.25) is 0 Å². The smallest absolute Gasteiger partial charge is 0.127 e. The molecule has 0 bridgehead atoms. The van der Waals surface area contributed by atoms with Gasteiger partial charge in [-0.1, -0.05) is 0 Å². The molecule has 0 aliphatic heterocycles. The first kappa shape index (κ1) is 16.5. The second-order valence-electron chi connectivity index (χ2n) is 5.92. The second-order valence-corrected chi connectivity index (χ2v) is 5.92. The largest absolute Gasteiger partial charge is 0.493 e. The van der Waals surface area contributed by atoms with Gasteiger partial charge in [0.1, 0.15) is 11.6 Å². The number of nitriles is 1. The number of benzene rings is 1. The minimum atomic E-state index is -0.342. The molecule has 1 aromatic rings. The summed E-state index contributed by atoms with van der Waals surface area (Å²) in [6.45, 7) is 6.16. The fraction of sp³-hybridized carbons (Fsp3) is 0.562. The van der Waals surface area contributed by atoms with Crippen LogP contribution in [0.15, 0.2) is 18.2 Å². The Bertz CT molecular complexity index is 478. The molecule has 1 atom stereocenters. The van der Waals surface area contributed by atoms with E-state index in [0.717, 1.165) is 18.4 Å². The van der Waals surface area contributed by atoms with E-state index in [1.165, 1.54) is 12.1 Å². The first-order valence-electron chi connectivity index (χ1n) is 6.91. The molecule has 1 unspecified atom stereocenters. The van der Waals surface area contributed by atoms with Crippen LogP contribution >= 0.6 is 0 Å². The normalized spacial score (nSPS) is 12.8. The highest BCUT2D eigenvalue weighted by atomic mass is 19.1. The SMILES string of the molecule is CC(N)Cc1cc(F)cc(OCCCC(C)(C)C#N)c1. The van der Waals surface area contributed by atoms with Gasteiger partial charge in [-0.05, 0) is 57.7 Å². The Labute approximate surface area is 120 Å². The highest BCUT2D eigenvalue weighted by Gasteiger charge is 2.15. The summed E-state index contributed by atoms with van der Waals surface area (Å²) in [7, 11) is 0.